The Labute approximate surface area is 171 Å². The Bertz CT molecular complexity index is 907. The van der Waals surface area contributed by atoms with Gasteiger partial charge >= 0.3 is 0 Å². The van der Waals surface area contributed by atoms with Crippen molar-refractivity contribution in [1.29, 1.82) is 10.8 Å². The SMILES string of the molecule is CN=CC(C=N)c1cc(C(=N)c2cccc(N3CCCCC(N)C3)n2)c(N)cn1. The van der Waals surface area contributed by atoms with Gasteiger partial charge in [0.05, 0.1) is 34.9 Å². The lowest BCUT2D eigenvalue weighted by Crippen LogP contribution is -2.36. The van der Waals surface area contributed by atoms with Gasteiger partial charge in [-0.25, -0.2) is 4.98 Å². The summed E-state index contributed by atoms with van der Waals surface area (Å²) < 4.78 is 0. The molecule has 1 aliphatic rings. The quantitative estimate of drug-likeness (QED) is 0.558. The van der Waals surface area contributed by atoms with Crippen molar-refractivity contribution in [2.45, 2.75) is 31.2 Å². The highest BCUT2D eigenvalue weighted by Gasteiger charge is 2.19. The number of nitrogen functional groups attached to an aromatic ring is 1. The Balaban J connectivity index is 1.91. The zero-order chi connectivity index (χ0) is 20.8. The molecule has 0 bridgehead atoms. The van der Waals surface area contributed by atoms with Gasteiger partial charge in [0.1, 0.15) is 5.82 Å². The van der Waals surface area contributed by atoms with Crippen molar-refractivity contribution in [3.63, 3.8) is 0 Å². The third-order valence-corrected chi connectivity index (χ3v) is 5.08. The van der Waals surface area contributed by atoms with Gasteiger partial charge < -0.3 is 21.8 Å². The van der Waals surface area contributed by atoms with Gasteiger partial charge in [0.15, 0.2) is 0 Å². The summed E-state index contributed by atoms with van der Waals surface area (Å²) >= 11 is 0. The van der Waals surface area contributed by atoms with Crippen molar-refractivity contribution >= 4 is 29.6 Å². The highest BCUT2D eigenvalue weighted by Crippen LogP contribution is 2.22. The normalized spacial score (nSPS) is 18.4. The van der Waals surface area contributed by atoms with E-state index in [2.05, 4.69) is 14.9 Å². The average molecular weight is 393 g/mol. The number of nitrogens with two attached hydrogens (primary N) is 2. The lowest BCUT2D eigenvalue weighted by atomic mass is 10.0. The Morgan fingerprint density at radius 1 is 1.38 bits per heavy atom. The molecule has 1 aliphatic heterocycles. The van der Waals surface area contributed by atoms with E-state index in [4.69, 9.17) is 27.3 Å². The van der Waals surface area contributed by atoms with E-state index in [9.17, 15) is 0 Å². The summed E-state index contributed by atoms with van der Waals surface area (Å²) in [5.41, 5.74) is 14.6. The van der Waals surface area contributed by atoms with Gasteiger partial charge in [-0.05, 0) is 31.0 Å². The molecular formula is C21H28N8. The van der Waals surface area contributed by atoms with Crippen molar-refractivity contribution in [1.82, 2.24) is 9.97 Å². The van der Waals surface area contributed by atoms with E-state index in [0.29, 0.717) is 22.6 Å². The molecule has 2 atom stereocenters. The smallest absolute Gasteiger partial charge is 0.129 e. The maximum absolute atomic E-state index is 8.70. The summed E-state index contributed by atoms with van der Waals surface area (Å²) in [6.45, 7) is 1.68. The summed E-state index contributed by atoms with van der Waals surface area (Å²) in [5, 5.41) is 16.3. The molecule has 8 nitrogen and oxygen atoms in total. The Morgan fingerprint density at radius 3 is 2.97 bits per heavy atom. The summed E-state index contributed by atoms with van der Waals surface area (Å²) in [5.74, 6) is 0.470. The molecule has 0 amide bonds. The first-order chi connectivity index (χ1) is 14.0. The number of hydrogen-bond donors (Lipinski definition) is 4. The predicted octanol–water partition coefficient (Wildman–Crippen LogP) is 2.23. The number of rotatable bonds is 6. The van der Waals surface area contributed by atoms with Crippen LogP contribution in [-0.2, 0) is 0 Å². The largest absolute Gasteiger partial charge is 0.397 e. The fourth-order valence-electron chi connectivity index (χ4n) is 3.51. The van der Waals surface area contributed by atoms with E-state index >= 15 is 0 Å². The molecule has 0 radical (unpaired) electrons. The molecule has 1 saturated heterocycles. The molecular weight excluding hydrogens is 364 g/mol. The van der Waals surface area contributed by atoms with E-state index < -0.39 is 0 Å². The molecule has 2 aromatic heterocycles. The molecule has 1 fully saturated rings. The molecule has 152 valence electrons. The second-order valence-electron chi connectivity index (χ2n) is 7.25. The third-order valence-electron chi connectivity index (χ3n) is 5.08. The van der Waals surface area contributed by atoms with Crippen LogP contribution >= 0.6 is 0 Å². The Kier molecular flexibility index (Phi) is 6.66. The maximum atomic E-state index is 8.70. The van der Waals surface area contributed by atoms with Gasteiger partial charge in [0.25, 0.3) is 0 Å². The number of pyridine rings is 2. The van der Waals surface area contributed by atoms with Crippen LogP contribution < -0.4 is 16.4 Å². The van der Waals surface area contributed by atoms with Crippen molar-refractivity contribution in [3.8, 4) is 0 Å². The lowest BCUT2D eigenvalue weighted by Gasteiger charge is -2.24. The summed E-state index contributed by atoms with van der Waals surface area (Å²) in [4.78, 5) is 15.2. The van der Waals surface area contributed by atoms with Crippen molar-refractivity contribution in [2.24, 2.45) is 10.7 Å². The van der Waals surface area contributed by atoms with Crippen LogP contribution in [0.5, 0.6) is 0 Å². The van der Waals surface area contributed by atoms with E-state index in [1.165, 1.54) is 12.4 Å². The minimum Gasteiger partial charge on any atom is -0.397 e. The third kappa shape index (κ3) is 4.83. The van der Waals surface area contributed by atoms with Crippen LogP contribution in [-0.4, -0.2) is 54.3 Å². The fraction of sp³-hybridized carbons (Fsp3) is 0.381. The maximum Gasteiger partial charge on any atom is 0.129 e. The molecule has 3 heterocycles. The first kappa shape index (κ1) is 20.6. The van der Waals surface area contributed by atoms with Crippen LogP contribution in [0, 0.1) is 10.8 Å². The second-order valence-corrected chi connectivity index (χ2v) is 7.25. The van der Waals surface area contributed by atoms with Crippen LogP contribution in [0.4, 0.5) is 11.5 Å². The summed E-state index contributed by atoms with van der Waals surface area (Å²) in [6, 6.07) is 7.55. The second kappa shape index (κ2) is 9.38. The topological polar surface area (TPSA) is 141 Å². The highest BCUT2D eigenvalue weighted by atomic mass is 15.2. The van der Waals surface area contributed by atoms with Crippen molar-refractivity contribution in [3.05, 3.63) is 47.4 Å². The molecule has 2 aromatic rings. The van der Waals surface area contributed by atoms with Gasteiger partial charge in [0, 0.05) is 44.2 Å². The lowest BCUT2D eigenvalue weighted by molar-refractivity contribution is 0.620. The molecule has 0 saturated carbocycles. The van der Waals surface area contributed by atoms with Gasteiger partial charge in [0.2, 0.25) is 0 Å². The standard InChI is InChI=1S/C21H28N8/c1-26-11-14(10-22)19-9-16(17(24)12-27-19)21(25)18-6-4-7-20(28-18)29-8-3-2-5-15(23)13-29/h4,6-7,9-12,14-15,22,25H,2-3,5,8,13,23-24H2,1H3. The van der Waals surface area contributed by atoms with E-state index in [1.54, 1.807) is 19.3 Å². The highest BCUT2D eigenvalue weighted by molar-refractivity contribution is 6.13. The van der Waals surface area contributed by atoms with Crippen molar-refractivity contribution in [2.75, 3.05) is 30.8 Å². The molecule has 8 heteroatoms. The van der Waals surface area contributed by atoms with Gasteiger partial charge in [-0.3, -0.25) is 15.4 Å². The number of hydrogen-bond acceptors (Lipinski definition) is 8. The average Bonchev–Trinajstić information content (AvgIpc) is 2.96. The van der Waals surface area contributed by atoms with Crippen LogP contribution in [0.25, 0.3) is 0 Å². The molecule has 6 N–H and O–H groups in total. The molecule has 0 spiro atoms. The number of anilines is 2. The van der Waals surface area contributed by atoms with E-state index in [1.807, 2.05) is 18.2 Å². The zero-order valence-corrected chi connectivity index (χ0v) is 16.7. The fourth-order valence-corrected chi connectivity index (χ4v) is 3.51. The Hall–Kier alpha value is -3.13. The number of nitrogens with one attached hydrogen (secondary N) is 2. The first-order valence-electron chi connectivity index (χ1n) is 9.78. The number of nitrogens with zero attached hydrogens (tertiary/aromatic N) is 4. The first-order valence-corrected chi connectivity index (χ1v) is 9.78. The molecule has 0 aliphatic carbocycles. The predicted molar refractivity (Wildman–Crippen MR) is 119 cm³/mol. The van der Waals surface area contributed by atoms with E-state index in [-0.39, 0.29) is 17.7 Å². The van der Waals surface area contributed by atoms with Crippen LogP contribution in [0.2, 0.25) is 0 Å². The van der Waals surface area contributed by atoms with E-state index in [0.717, 1.165) is 38.2 Å². The number of aliphatic imine (C=N–C) groups is 1. The van der Waals surface area contributed by atoms with Gasteiger partial charge in [-0.15, -0.1) is 0 Å². The summed E-state index contributed by atoms with van der Waals surface area (Å²) in [6.07, 6.45) is 7.66. The minimum absolute atomic E-state index is 0.138. The van der Waals surface area contributed by atoms with Crippen molar-refractivity contribution < 1.29 is 0 Å². The van der Waals surface area contributed by atoms with Crippen LogP contribution in [0.3, 0.4) is 0 Å². The zero-order valence-electron chi connectivity index (χ0n) is 16.7. The minimum atomic E-state index is -0.356. The number of aromatic nitrogens is 2. The molecule has 0 aromatic carbocycles. The monoisotopic (exact) mass is 392 g/mol. The van der Waals surface area contributed by atoms with Gasteiger partial charge in [-0.2, -0.15) is 0 Å². The van der Waals surface area contributed by atoms with Crippen LogP contribution in [0.15, 0.2) is 35.5 Å². The molecule has 3 rings (SSSR count). The van der Waals surface area contributed by atoms with Crippen LogP contribution in [0.1, 0.15) is 42.1 Å². The summed E-state index contributed by atoms with van der Waals surface area (Å²) in [7, 11) is 1.65. The van der Waals surface area contributed by atoms with Gasteiger partial charge in [-0.1, -0.05) is 12.5 Å². The molecule has 2 unspecified atom stereocenters. The molecule has 29 heavy (non-hydrogen) atoms. The Morgan fingerprint density at radius 2 is 2.21 bits per heavy atom.